The quantitative estimate of drug-likeness (QED) is 0.340. The highest BCUT2D eigenvalue weighted by atomic mass is 35.5. The van der Waals surface area contributed by atoms with Crippen molar-refractivity contribution in [1.29, 1.82) is 0 Å². The largest absolute Gasteiger partial charge is 0.288 e. The molecule has 4 rings (SSSR count). The minimum Gasteiger partial charge on any atom is -0.288 e. The molecule has 0 aliphatic carbocycles. The van der Waals surface area contributed by atoms with E-state index >= 15 is 0 Å². The number of hydrogen-bond acceptors (Lipinski definition) is 5. The van der Waals surface area contributed by atoms with Gasteiger partial charge in [0.1, 0.15) is 0 Å². The Morgan fingerprint density at radius 1 is 0.862 bits per heavy atom. The number of carbonyl (C=O) groups is 1. The van der Waals surface area contributed by atoms with Gasteiger partial charge in [0.2, 0.25) is 0 Å². The lowest BCUT2D eigenvalue weighted by atomic mass is 10.0. The van der Waals surface area contributed by atoms with E-state index in [0.29, 0.717) is 16.6 Å². The average Bonchev–Trinajstić information content (AvgIpc) is 2.73. The predicted molar refractivity (Wildman–Crippen MR) is 117 cm³/mol. The number of benzene rings is 1. The molecule has 0 atom stereocenters. The third-order valence-electron chi connectivity index (χ3n) is 4.23. The van der Waals surface area contributed by atoms with Crippen LogP contribution in [0.3, 0.4) is 0 Å². The number of nitrogens with zero attached hydrogens (tertiary/aromatic N) is 3. The van der Waals surface area contributed by atoms with Gasteiger partial charge in [0.05, 0.1) is 21.8 Å². The van der Waals surface area contributed by atoms with Gasteiger partial charge >= 0.3 is 0 Å². The molecule has 4 aromatic rings. The van der Waals surface area contributed by atoms with Crippen LogP contribution in [0.1, 0.15) is 10.4 Å². The van der Waals surface area contributed by atoms with Crippen molar-refractivity contribution in [3.8, 4) is 22.4 Å². The first-order chi connectivity index (χ1) is 13.2. The number of nitrogens with one attached hydrogen (secondary N) is 1. The third-order valence-corrected chi connectivity index (χ3v) is 4.60. The summed E-state index contributed by atoms with van der Waals surface area (Å²) >= 11 is 6.48. The zero-order valence-corrected chi connectivity index (χ0v) is 17.1. The van der Waals surface area contributed by atoms with Crippen LogP contribution in [0.2, 0.25) is 5.02 Å². The summed E-state index contributed by atoms with van der Waals surface area (Å²) in [5.74, 6) is -0.713. The fourth-order valence-electron chi connectivity index (χ4n) is 2.92. The first-order valence-corrected chi connectivity index (χ1v) is 8.45. The van der Waals surface area contributed by atoms with Gasteiger partial charge in [-0.05, 0) is 29.3 Å². The maximum Gasteiger partial charge on any atom is 0.276 e. The van der Waals surface area contributed by atoms with Gasteiger partial charge in [-0.2, -0.15) is 0 Å². The van der Waals surface area contributed by atoms with Crippen LogP contribution >= 0.6 is 36.4 Å². The predicted octanol–water partition coefficient (Wildman–Crippen LogP) is 4.97. The van der Waals surface area contributed by atoms with Crippen molar-refractivity contribution in [2.45, 2.75) is 0 Å². The van der Waals surface area contributed by atoms with E-state index in [9.17, 15) is 4.79 Å². The summed E-state index contributed by atoms with van der Waals surface area (Å²) in [4.78, 5) is 24.8. The van der Waals surface area contributed by atoms with Crippen LogP contribution in [0.5, 0.6) is 0 Å². The molecule has 29 heavy (non-hydrogen) atoms. The summed E-state index contributed by atoms with van der Waals surface area (Å²) < 4.78 is 0. The number of hydroxylamine groups is 1. The van der Waals surface area contributed by atoms with Crippen LogP contribution in [0.25, 0.3) is 33.3 Å². The van der Waals surface area contributed by atoms with Gasteiger partial charge in [0.25, 0.3) is 5.91 Å². The molecule has 0 fully saturated rings. The van der Waals surface area contributed by atoms with E-state index in [0.717, 1.165) is 16.7 Å². The highest BCUT2D eigenvalue weighted by Crippen LogP contribution is 2.34. The van der Waals surface area contributed by atoms with Gasteiger partial charge in [0.15, 0.2) is 0 Å². The maximum atomic E-state index is 12.2. The Morgan fingerprint density at radius 2 is 1.45 bits per heavy atom. The molecule has 0 spiro atoms. The average molecular weight is 450 g/mol. The Balaban J connectivity index is 0.00000150. The summed E-state index contributed by atoms with van der Waals surface area (Å²) in [5, 5.41) is 9.71. The molecule has 148 valence electrons. The second-order valence-electron chi connectivity index (χ2n) is 5.80. The van der Waals surface area contributed by atoms with E-state index < -0.39 is 5.91 Å². The summed E-state index contributed by atoms with van der Waals surface area (Å²) in [5.41, 5.74) is 5.60. The Bertz CT molecular complexity index is 1140. The van der Waals surface area contributed by atoms with Gasteiger partial charge in [-0.25, -0.2) is 10.5 Å². The van der Waals surface area contributed by atoms with E-state index in [2.05, 4.69) is 15.0 Å². The number of fused-ring (bicyclic) bond motifs is 1. The van der Waals surface area contributed by atoms with E-state index in [1.807, 2.05) is 36.4 Å². The highest BCUT2D eigenvalue weighted by molar-refractivity contribution is 6.37. The maximum absolute atomic E-state index is 12.2. The summed E-state index contributed by atoms with van der Waals surface area (Å²) in [6.45, 7) is 0. The molecule has 6 nitrogen and oxygen atoms in total. The number of halogens is 3. The lowest BCUT2D eigenvalue weighted by Gasteiger charge is -2.12. The van der Waals surface area contributed by atoms with Gasteiger partial charge < -0.3 is 0 Å². The van der Waals surface area contributed by atoms with Gasteiger partial charge in [-0.1, -0.05) is 35.9 Å². The van der Waals surface area contributed by atoms with Crippen LogP contribution in [0.4, 0.5) is 0 Å². The number of pyridine rings is 3. The van der Waals surface area contributed by atoms with Crippen molar-refractivity contribution >= 4 is 53.2 Å². The van der Waals surface area contributed by atoms with Crippen molar-refractivity contribution in [2.24, 2.45) is 0 Å². The Hall–Kier alpha value is -2.77. The molecular formula is C20H15Cl3N4O2. The zero-order chi connectivity index (χ0) is 18.8. The molecule has 0 bridgehead atoms. The molecule has 2 N–H and O–H groups in total. The molecule has 3 heterocycles. The zero-order valence-electron chi connectivity index (χ0n) is 14.7. The molecule has 0 aliphatic rings. The van der Waals surface area contributed by atoms with E-state index in [-0.39, 0.29) is 35.4 Å². The Morgan fingerprint density at radius 3 is 2.10 bits per heavy atom. The fraction of sp³-hybridized carbons (Fsp3) is 0. The third kappa shape index (κ3) is 4.31. The van der Waals surface area contributed by atoms with E-state index in [1.165, 1.54) is 6.20 Å². The molecule has 1 aromatic carbocycles. The van der Waals surface area contributed by atoms with Crippen LogP contribution in [-0.4, -0.2) is 26.1 Å². The van der Waals surface area contributed by atoms with E-state index in [1.54, 1.807) is 30.1 Å². The minimum atomic E-state index is -0.713. The smallest absolute Gasteiger partial charge is 0.276 e. The Labute approximate surface area is 183 Å². The SMILES string of the molecule is Cl.Cl.O=C(NO)c1c(Cl)c(-c2ccc(-c3ccncc3)cc2)nc2ccncc12. The van der Waals surface area contributed by atoms with E-state index in [4.69, 9.17) is 16.8 Å². The number of hydrogen-bond donors (Lipinski definition) is 2. The van der Waals surface area contributed by atoms with Gasteiger partial charge in [-0.15, -0.1) is 24.8 Å². The molecule has 0 radical (unpaired) electrons. The van der Waals surface area contributed by atoms with Crippen molar-refractivity contribution in [2.75, 3.05) is 0 Å². The summed E-state index contributed by atoms with van der Waals surface area (Å²) in [7, 11) is 0. The standard InChI is InChI=1S/C20H13ClN4O2.2ClH/c21-18-17(20(26)25-27)15-11-23-10-7-16(15)24-19(18)14-3-1-12(2-4-14)13-5-8-22-9-6-13;;/h1-11,27H,(H,25,26);2*1H. The number of carbonyl (C=O) groups excluding carboxylic acids is 1. The van der Waals surface area contributed by atoms with Gasteiger partial charge in [0, 0.05) is 35.7 Å². The first-order valence-electron chi connectivity index (χ1n) is 8.07. The molecule has 0 saturated heterocycles. The minimum absolute atomic E-state index is 0. The van der Waals surface area contributed by atoms with Crippen LogP contribution < -0.4 is 5.48 Å². The monoisotopic (exact) mass is 448 g/mol. The van der Waals surface area contributed by atoms with Crippen molar-refractivity contribution < 1.29 is 10.0 Å². The molecule has 3 aromatic heterocycles. The van der Waals surface area contributed by atoms with Crippen LogP contribution in [0.15, 0.2) is 67.3 Å². The second-order valence-corrected chi connectivity index (χ2v) is 6.17. The van der Waals surface area contributed by atoms with Crippen LogP contribution in [0, 0.1) is 0 Å². The topological polar surface area (TPSA) is 88.0 Å². The lowest BCUT2D eigenvalue weighted by molar-refractivity contribution is 0.0708. The number of amides is 1. The van der Waals surface area contributed by atoms with Gasteiger partial charge in [-0.3, -0.25) is 20.0 Å². The van der Waals surface area contributed by atoms with Crippen molar-refractivity contribution in [3.05, 3.63) is 77.8 Å². The summed E-state index contributed by atoms with van der Waals surface area (Å²) in [6.07, 6.45) is 6.55. The normalized spacial score (nSPS) is 10.0. The van der Waals surface area contributed by atoms with Crippen LogP contribution in [-0.2, 0) is 0 Å². The second kappa shape index (κ2) is 9.62. The molecule has 0 unspecified atom stereocenters. The number of aromatic nitrogens is 3. The molecule has 9 heteroatoms. The molecule has 1 amide bonds. The summed E-state index contributed by atoms with van der Waals surface area (Å²) in [6, 6.07) is 13.2. The van der Waals surface area contributed by atoms with Crippen molar-refractivity contribution in [3.63, 3.8) is 0 Å². The molecular weight excluding hydrogens is 435 g/mol. The first kappa shape index (κ1) is 22.5. The van der Waals surface area contributed by atoms with Crippen molar-refractivity contribution in [1.82, 2.24) is 20.4 Å². The highest BCUT2D eigenvalue weighted by Gasteiger charge is 2.20. The molecule has 0 aliphatic heterocycles. The number of rotatable bonds is 3. The Kier molecular flexibility index (Phi) is 7.47. The lowest BCUT2D eigenvalue weighted by Crippen LogP contribution is -2.20. The molecule has 0 saturated carbocycles. The fourth-order valence-corrected chi connectivity index (χ4v) is 3.26.